The predicted octanol–water partition coefficient (Wildman–Crippen LogP) is 1.91. The van der Waals surface area contributed by atoms with Gasteiger partial charge in [-0.1, -0.05) is 6.07 Å². The summed E-state index contributed by atoms with van der Waals surface area (Å²) in [6.07, 6.45) is 2.46. The maximum atomic E-state index is 5.65. The van der Waals surface area contributed by atoms with Gasteiger partial charge in [-0.3, -0.25) is 4.98 Å². The molecule has 1 aliphatic heterocycles. The molecule has 1 fully saturated rings. The number of aromatic nitrogens is 1. The molecule has 1 aromatic heterocycles. The van der Waals surface area contributed by atoms with Crippen molar-refractivity contribution in [1.82, 2.24) is 10.3 Å². The maximum absolute atomic E-state index is 5.65. The molecule has 0 bridgehead atoms. The van der Waals surface area contributed by atoms with E-state index in [2.05, 4.69) is 10.3 Å². The van der Waals surface area contributed by atoms with E-state index < -0.39 is 0 Å². The molecular formula is C13H20N2O. The first-order valence-corrected chi connectivity index (χ1v) is 6.05. The van der Waals surface area contributed by atoms with E-state index in [0.29, 0.717) is 6.61 Å². The van der Waals surface area contributed by atoms with Crippen molar-refractivity contribution in [2.45, 2.75) is 26.4 Å². The average molecular weight is 220 g/mol. The quantitative estimate of drug-likeness (QED) is 0.770. The molecule has 0 aliphatic carbocycles. The number of nitrogens with one attached hydrogen (secondary N) is 1. The average Bonchev–Trinajstić information content (AvgIpc) is 2.77. The third-order valence-corrected chi connectivity index (χ3v) is 3.03. The minimum Gasteiger partial charge on any atom is -0.375 e. The Hall–Kier alpha value is -0.930. The van der Waals surface area contributed by atoms with E-state index in [-0.39, 0.29) is 0 Å². The van der Waals surface area contributed by atoms with Crippen LogP contribution in [0, 0.1) is 12.8 Å². The minimum atomic E-state index is 0.641. The Bertz CT molecular complexity index is 321. The first kappa shape index (κ1) is 11.6. The lowest BCUT2D eigenvalue weighted by molar-refractivity contribution is 0.106. The van der Waals surface area contributed by atoms with Crippen molar-refractivity contribution in [3.63, 3.8) is 0 Å². The lowest BCUT2D eigenvalue weighted by atomic mass is 10.1. The minimum absolute atomic E-state index is 0.641. The van der Waals surface area contributed by atoms with E-state index in [1.165, 1.54) is 19.4 Å². The fraction of sp³-hybridized carbons (Fsp3) is 0.615. The molecule has 16 heavy (non-hydrogen) atoms. The van der Waals surface area contributed by atoms with Crippen LogP contribution >= 0.6 is 0 Å². The highest BCUT2D eigenvalue weighted by molar-refractivity contribution is 5.08. The molecule has 0 saturated carbocycles. The molecule has 0 radical (unpaired) electrons. The Balaban J connectivity index is 1.64. The number of pyridine rings is 1. The summed E-state index contributed by atoms with van der Waals surface area (Å²) >= 11 is 0. The molecule has 1 unspecified atom stereocenters. The van der Waals surface area contributed by atoms with Crippen molar-refractivity contribution in [2.24, 2.45) is 5.92 Å². The Labute approximate surface area is 97.2 Å². The molecule has 2 heterocycles. The Morgan fingerprint density at radius 3 is 3.19 bits per heavy atom. The van der Waals surface area contributed by atoms with E-state index in [0.717, 1.165) is 30.5 Å². The lowest BCUT2D eigenvalue weighted by Crippen LogP contribution is -2.11. The van der Waals surface area contributed by atoms with E-state index in [9.17, 15) is 0 Å². The molecule has 1 aromatic rings. The summed E-state index contributed by atoms with van der Waals surface area (Å²) in [6, 6.07) is 6.06. The van der Waals surface area contributed by atoms with E-state index >= 15 is 0 Å². The zero-order chi connectivity index (χ0) is 11.2. The second-order valence-electron chi connectivity index (χ2n) is 4.47. The summed E-state index contributed by atoms with van der Waals surface area (Å²) in [5, 5.41) is 3.37. The van der Waals surface area contributed by atoms with Gasteiger partial charge in [0.1, 0.15) is 0 Å². The smallest absolute Gasteiger partial charge is 0.0887 e. The second kappa shape index (κ2) is 5.97. The second-order valence-corrected chi connectivity index (χ2v) is 4.47. The fourth-order valence-corrected chi connectivity index (χ4v) is 2.07. The van der Waals surface area contributed by atoms with Crippen LogP contribution in [0.3, 0.4) is 0 Å². The van der Waals surface area contributed by atoms with Crippen LogP contribution in [0.4, 0.5) is 0 Å². The number of aryl methyl sites for hydroxylation is 1. The van der Waals surface area contributed by atoms with Crippen LogP contribution in [0.15, 0.2) is 18.2 Å². The summed E-state index contributed by atoms with van der Waals surface area (Å²) < 4.78 is 5.65. The van der Waals surface area contributed by atoms with Crippen LogP contribution in [0.1, 0.15) is 24.2 Å². The Morgan fingerprint density at radius 2 is 2.44 bits per heavy atom. The predicted molar refractivity (Wildman–Crippen MR) is 64.2 cm³/mol. The first-order chi connectivity index (χ1) is 7.84. The molecule has 0 amide bonds. The summed E-state index contributed by atoms with van der Waals surface area (Å²) in [5.74, 6) is 0.811. The lowest BCUT2D eigenvalue weighted by Gasteiger charge is -2.08. The van der Waals surface area contributed by atoms with Crippen LogP contribution in [0.2, 0.25) is 0 Å². The number of hydrogen-bond donors (Lipinski definition) is 1. The summed E-state index contributed by atoms with van der Waals surface area (Å²) in [5.41, 5.74) is 2.09. The van der Waals surface area contributed by atoms with Gasteiger partial charge in [-0.2, -0.15) is 0 Å². The van der Waals surface area contributed by atoms with Gasteiger partial charge in [0.15, 0.2) is 0 Å². The van der Waals surface area contributed by atoms with Crippen molar-refractivity contribution >= 4 is 0 Å². The molecule has 1 atom stereocenters. The molecule has 1 aliphatic rings. The SMILES string of the molecule is Cc1cccc(COCCC2CCNC2)n1. The van der Waals surface area contributed by atoms with Gasteiger partial charge >= 0.3 is 0 Å². The Kier molecular flexibility index (Phi) is 4.31. The number of ether oxygens (including phenoxy) is 1. The molecule has 1 N–H and O–H groups in total. The van der Waals surface area contributed by atoms with Gasteiger partial charge in [-0.25, -0.2) is 0 Å². The third kappa shape index (κ3) is 3.58. The highest BCUT2D eigenvalue weighted by Crippen LogP contribution is 2.12. The van der Waals surface area contributed by atoms with Crippen LogP contribution in [-0.2, 0) is 11.3 Å². The largest absolute Gasteiger partial charge is 0.375 e. The third-order valence-electron chi connectivity index (χ3n) is 3.03. The first-order valence-electron chi connectivity index (χ1n) is 6.05. The molecule has 1 saturated heterocycles. The number of nitrogens with zero attached hydrogens (tertiary/aromatic N) is 1. The van der Waals surface area contributed by atoms with E-state index in [1.54, 1.807) is 0 Å². The maximum Gasteiger partial charge on any atom is 0.0887 e. The van der Waals surface area contributed by atoms with Crippen molar-refractivity contribution in [1.29, 1.82) is 0 Å². The van der Waals surface area contributed by atoms with Gasteiger partial charge in [0, 0.05) is 12.3 Å². The van der Waals surface area contributed by atoms with E-state index in [1.807, 2.05) is 25.1 Å². The van der Waals surface area contributed by atoms with Crippen molar-refractivity contribution in [3.8, 4) is 0 Å². The topological polar surface area (TPSA) is 34.1 Å². The van der Waals surface area contributed by atoms with Gasteiger partial charge in [0.25, 0.3) is 0 Å². The number of rotatable bonds is 5. The molecule has 0 aromatic carbocycles. The molecule has 3 nitrogen and oxygen atoms in total. The summed E-state index contributed by atoms with van der Waals surface area (Å²) in [6.45, 7) is 5.83. The van der Waals surface area contributed by atoms with Crippen LogP contribution in [0.5, 0.6) is 0 Å². The molecule has 2 rings (SSSR count). The summed E-state index contributed by atoms with van der Waals surface area (Å²) in [4.78, 5) is 4.41. The van der Waals surface area contributed by atoms with Crippen LogP contribution in [0.25, 0.3) is 0 Å². The van der Waals surface area contributed by atoms with Gasteiger partial charge in [0.05, 0.1) is 12.3 Å². The van der Waals surface area contributed by atoms with Crippen molar-refractivity contribution in [3.05, 3.63) is 29.6 Å². The Morgan fingerprint density at radius 1 is 1.50 bits per heavy atom. The molecular weight excluding hydrogens is 200 g/mol. The van der Waals surface area contributed by atoms with Gasteiger partial charge in [-0.05, 0) is 50.9 Å². The van der Waals surface area contributed by atoms with Crippen LogP contribution in [-0.4, -0.2) is 24.7 Å². The van der Waals surface area contributed by atoms with Crippen molar-refractivity contribution < 1.29 is 4.74 Å². The fourth-order valence-electron chi connectivity index (χ4n) is 2.07. The normalized spacial score (nSPS) is 20.2. The van der Waals surface area contributed by atoms with Gasteiger partial charge in [0.2, 0.25) is 0 Å². The van der Waals surface area contributed by atoms with Gasteiger partial charge < -0.3 is 10.1 Å². The standard InChI is InChI=1S/C13H20N2O/c1-11-3-2-4-13(15-11)10-16-8-6-12-5-7-14-9-12/h2-4,12,14H,5-10H2,1H3. The zero-order valence-corrected chi connectivity index (χ0v) is 9.91. The van der Waals surface area contributed by atoms with E-state index in [4.69, 9.17) is 4.74 Å². The number of hydrogen-bond acceptors (Lipinski definition) is 3. The van der Waals surface area contributed by atoms with Crippen molar-refractivity contribution in [2.75, 3.05) is 19.7 Å². The molecule has 0 spiro atoms. The summed E-state index contributed by atoms with van der Waals surface area (Å²) in [7, 11) is 0. The highest BCUT2D eigenvalue weighted by Gasteiger charge is 2.13. The molecule has 3 heteroatoms. The molecule has 88 valence electrons. The monoisotopic (exact) mass is 220 g/mol. The van der Waals surface area contributed by atoms with Crippen LogP contribution < -0.4 is 5.32 Å². The zero-order valence-electron chi connectivity index (χ0n) is 9.91. The van der Waals surface area contributed by atoms with Gasteiger partial charge in [-0.15, -0.1) is 0 Å². The highest BCUT2D eigenvalue weighted by atomic mass is 16.5.